The molecule has 0 spiro atoms. The van der Waals surface area contributed by atoms with E-state index in [4.69, 9.17) is 9.47 Å². The van der Waals surface area contributed by atoms with Gasteiger partial charge in [-0.25, -0.2) is 4.79 Å². The van der Waals surface area contributed by atoms with E-state index in [0.29, 0.717) is 12.2 Å². The van der Waals surface area contributed by atoms with E-state index in [2.05, 4.69) is 5.32 Å². The quantitative estimate of drug-likeness (QED) is 0.757. The molecule has 2 aliphatic rings. The van der Waals surface area contributed by atoms with E-state index < -0.39 is 0 Å². The predicted molar refractivity (Wildman–Crippen MR) is 57.5 cm³/mol. The summed E-state index contributed by atoms with van der Waals surface area (Å²) in [5.41, 5.74) is 1.59. The summed E-state index contributed by atoms with van der Waals surface area (Å²) in [7, 11) is 0. The molecular formula is C12H13NO3. The second-order valence-corrected chi connectivity index (χ2v) is 4.13. The summed E-state index contributed by atoms with van der Waals surface area (Å²) < 4.78 is 10.7. The highest BCUT2D eigenvalue weighted by Crippen LogP contribution is 2.25. The van der Waals surface area contributed by atoms with Crippen LogP contribution in [-0.4, -0.2) is 25.2 Å². The molecule has 1 atom stereocenters. The van der Waals surface area contributed by atoms with E-state index in [1.165, 1.54) is 0 Å². The van der Waals surface area contributed by atoms with Crippen molar-refractivity contribution in [1.82, 2.24) is 5.32 Å². The Hall–Kier alpha value is -1.55. The minimum absolute atomic E-state index is 0.232. The molecular weight excluding hydrogens is 206 g/mol. The average molecular weight is 219 g/mol. The van der Waals surface area contributed by atoms with Crippen LogP contribution in [0.2, 0.25) is 0 Å². The molecule has 1 fully saturated rings. The van der Waals surface area contributed by atoms with Crippen molar-refractivity contribution in [2.45, 2.75) is 19.1 Å². The highest BCUT2D eigenvalue weighted by atomic mass is 16.5. The number of esters is 1. The summed E-state index contributed by atoms with van der Waals surface area (Å²) in [5, 5.41) is 3.25. The lowest BCUT2D eigenvalue weighted by Gasteiger charge is -2.12. The molecule has 2 heterocycles. The zero-order chi connectivity index (χ0) is 11.0. The number of fused-ring (bicyclic) bond motifs is 1. The van der Waals surface area contributed by atoms with Crippen LogP contribution in [0.15, 0.2) is 18.2 Å². The van der Waals surface area contributed by atoms with Gasteiger partial charge in [0.25, 0.3) is 0 Å². The Morgan fingerprint density at radius 1 is 1.44 bits per heavy atom. The summed E-state index contributed by atoms with van der Waals surface area (Å²) in [4.78, 5) is 11.2. The smallest absolute Gasteiger partial charge is 0.338 e. The standard InChI is InChI=1S/C12H13NO3/c14-12-11-2-1-9(5-8(11)7-15-12)16-10-3-4-13-6-10/h1-2,5,10,13H,3-4,6-7H2/t10-/m0/s1. The Bertz CT molecular complexity index is 424. The van der Waals surface area contributed by atoms with Crippen LogP contribution in [0, 0.1) is 0 Å². The lowest BCUT2D eigenvalue weighted by Crippen LogP contribution is -2.19. The van der Waals surface area contributed by atoms with Crippen LogP contribution in [-0.2, 0) is 11.3 Å². The highest BCUT2D eigenvalue weighted by molar-refractivity contribution is 5.93. The van der Waals surface area contributed by atoms with Gasteiger partial charge in [0.1, 0.15) is 18.5 Å². The van der Waals surface area contributed by atoms with Crippen molar-refractivity contribution in [3.63, 3.8) is 0 Å². The normalized spacial score (nSPS) is 23.0. The van der Waals surface area contributed by atoms with Crippen molar-refractivity contribution < 1.29 is 14.3 Å². The number of nitrogens with one attached hydrogen (secondary N) is 1. The number of carbonyl (C=O) groups excluding carboxylic acids is 1. The summed E-state index contributed by atoms with van der Waals surface area (Å²) >= 11 is 0. The molecule has 0 aromatic heterocycles. The lowest BCUT2D eigenvalue weighted by molar-refractivity contribution is 0.0535. The van der Waals surface area contributed by atoms with Crippen molar-refractivity contribution in [1.29, 1.82) is 0 Å². The van der Waals surface area contributed by atoms with Gasteiger partial charge in [-0.3, -0.25) is 0 Å². The van der Waals surface area contributed by atoms with E-state index in [0.717, 1.165) is 30.8 Å². The summed E-state index contributed by atoms with van der Waals surface area (Å²) in [6, 6.07) is 5.52. The zero-order valence-electron chi connectivity index (χ0n) is 8.86. The van der Waals surface area contributed by atoms with Gasteiger partial charge in [0.2, 0.25) is 0 Å². The molecule has 1 saturated heterocycles. The third-order valence-electron chi connectivity index (χ3n) is 2.97. The number of benzene rings is 1. The first kappa shape index (κ1) is 9.66. The first-order valence-electron chi connectivity index (χ1n) is 5.50. The van der Waals surface area contributed by atoms with Gasteiger partial charge in [0.15, 0.2) is 0 Å². The number of cyclic esters (lactones) is 1. The molecule has 1 N–H and O–H groups in total. The van der Waals surface area contributed by atoms with Crippen LogP contribution in [0.5, 0.6) is 5.75 Å². The van der Waals surface area contributed by atoms with Crippen LogP contribution < -0.4 is 10.1 Å². The van der Waals surface area contributed by atoms with Crippen molar-refractivity contribution in [2.75, 3.05) is 13.1 Å². The SMILES string of the molecule is O=C1OCc2cc(O[C@H]3CCNC3)ccc21. The fourth-order valence-corrected chi connectivity index (χ4v) is 2.10. The zero-order valence-corrected chi connectivity index (χ0v) is 8.86. The van der Waals surface area contributed by atoms with Gasteiger partial charge in [-0.1, -0.05) is 0 Å². The number of rotatable bonds is 2. The van der Waals surface area contributed by atoms with Gasteiger partial charge < -0.3 is 14.8 Å². The molecule has 84 valence electrons. The van der Waals surface area contributed by atoms with Crippen LogP contribution in [0.1, 0.15) is 22.3 Å². The first-order chi connectivity index (χ1) is 7.83. The summed E-state index contributed by atoms with van der Waals surface area (Å²) in [5.74, 6) is 0.592. The van der Waals surface area contributed by atoms with E-state index >= 15 is 0 Å². The molecule has 4 heteroatoms. The van der Waals surface area contributed by atoms with E-state index in [-0.39, 0.29) is 12.1 Å². The van der Waals surface area contributed by atoms with Crippen molar-refractivity contribution in [3.05, 3.63) is 29.3 Å². The van der Waals surface area contributed by atoms with Crippen molar-refractivity contribution in [3.8, 4) is 5.75 Å². The number of carbonyl (C=O) groups is 1. The number of hydrogen-bond donors (Lipinski definition) is 1. The molecule has 0 radical (unpaired) electrons. The molecule has 1 aromatic rings. The molecule has 2 aliphatic heterocycles. The van der Waals surface area contributed by atoms with E-state index in [1.54, 1.807) is 6.07 Å². The Morgan fingerprint density at radius 2 is 2.38 bits per heavy atom. The monoisotopic (exact) mass is 219 g/mol. The van der Waals surface area contributed by atoms with E-state index in [1.807, 2.05) is 12.1 Å². The van der Waals surface area contributed by atoms with Crippen molar-refractivity contribution >= 4 is 5.97 Å². The highest BCUT2D eigenvalue weighted by Gasteiger charge is 2.22. The van der Waals surface area contributed by atoms with Crippen LogP contribution in [0.4, 0.5) is 0 Å². The average Bonchev–Trinajstić information content (AvgIpc) is 2.90. The topological polar surface area (TPSA) is 47.6 Å². The van der Waals surface area contributed by atoms with Crippen molar-refractivity contribution in [2.24, 2.45) is 0 Å². The van der Waals surface area contributed by atoms with Gasteiger partial charge in [-0.2, -0.15) is 0 Å². The maximum atomic E-state index is 11.2. The van der Waals surface area contributed by atoms with Crippen LogP contribution in [0.3, 0.4) is 0 Å². The van der Waals surface area contributed by atoms with Gasteiger partial charge in [0.05, 0.1) is 5.56 Å². The first-order valence-corrected chi connectivity index (χ1v) is 5.50. The van der Waals surface area contributed by atoms with Crippen LogP contribution in [0.25, 0.3) is 0 Å². The lowest BCUT2D eigenvalue weighted by atomic mass is 10.1. The summed E-state index contributed by atoms with van der Waals surface area (Å²) in [6.45, 7) is 2.28. The molecule has 0 bridgehead atoms. The second-order valence-electron chi connectivity index (χ2n) is 4.13. The predicted octanol–water partition coefficient (Wildman–Crippen LogP) is 1.10. The minimum Gasteiger partial charge on any atom is -0.489 e. The fraction of sp³-hybridized carbons (Fsp3) is 0.417. The Balaban J connectivity index is 1.79. The van der Waals surface area contributed by atoms with E-state index in [9.17, 15) is 4.79 Å². The number of ether oxygens (including phenoxy) is 2. The maximum Gasteiger partial charge on any atom is 0.338 e. The minimum atomic E-state index is -0.232. The van der Waals surface area contributed by atoms with Crippen LogP contribution >= 0.6 is 0 Å². The van der Waals surface area contributed by atoms with Gasteiger partial charge in [-0.15, -0.1) is 0 Å². The Morgan fingerprint density at radius 3 is 3.19 bits per heavy atom. The molecule has 0 amide bonds. The Kier molecular flexibility index (Phi) is 2.29. The van der Waals surface area contributed by atoms with Gasteiger partial charge in [0, 0.05) is 12.1 Å². The molecule has 0 saturated carbocycles. The molecule has 0 aliphatic carbocycles. The molecule has 1 aromatic carbocycles. The third kappa shape index (κ3) is 1.65. The second kappa shape index (κ2) is 3.79. The van der Waals surface area contributed by atoms with Gasteiger partial charge >= 0.3 is 5.97 Å². The largest absolute Gasteiger partial charge is 0.489 e. The maximum absolute atomic E-state index is 11.2. The molecule has 3 rings (SSSR count). The van der Waals surface area contributed by atoms with Gasteiger partial charge in [-0.05, 0) is 31.2 Å². The molecule has 4 nitrogen and oxygen atoms in total. The fourth-order valence-electron chi connectivity index (χ4n) is 2.10. The number of hydrogen-bond acceptors (Lipinski definition) is 4. The molecule has 0 unspecified atom stereocenters. The third-order valence-corrected chi connectivity index (χ3v) is 2.97. The summed E-state index contributed by atoms with van der Waals surface area (Å²) in [6.07, 6.45) is 1.28. The molecule has 16 heavy (non-hydrogen) atoms. The Labute approximate surface area is 93.5 Å².